The quantitative estimate of drug-likeness (QED) is 0.270. The van der Waals surface area contributed by atoms with Gasteiger partial charge in [0.05, 0.1) is 29.2 Å². The first-order chi connectivity index (χ1) is 23.2. The summed E-state index contributed by atoms with van der Waals surface area (Å²) in [6, 6.07) is 3.68. The van der Waals surface area contributed by atoms with Gasteiger partial charge < -0.3 is 30.3 Å². The van der Waals surface area contributed by atoms with E-state index >= 15 is 0 Å². The molecule has 2 heterocycles. The Hall–Kier alpha value is -4.08. The summed E-state index contributed by atoms with van der Waals surface area (Å²) in [4.78, 5) is 41.7. The van der Waals surface area contributed by atoms with Crippen LogP contribution in [0.5, 0.6) is 0 Å². The highest BCUT2D eigenvalue weighted by Gasteiger charge is 2.38. The van der Waals surface area contributed by atoms with Crippen LogP contribution in [0, 0.1) is 12.7 Å². The van der Waals surface area contributed by atoms with Gasteiger partial charge in [-0.3, -0.25) is 4.79 Å². The molecule has 9 nitrogen and oxygen atoms in total. The molecule has 4 rings (SSSR count). The van der Waals surface area contributed by atoms with E-state index in [2.05, 4.69) is 10.6 Å². The van der Waals surface area contributed by atoms with Crippen LogP contribution in [-0.4, -0.2) is 76.9 Å². The van der Waals surface area contributed by atoms with Crippen LogP contribution >= 0.6 is 0 Å². The predicted molar refractivity (Wildman–Crippen MR) is 167 cm³/mol. The number of hydrogen-bond donors (Lipinski definition) is 3. The van der Waals surface area contributed by atoms with Crippen LogP contribution in [-0.2, 0) is 28.3 Å². The third-order valence-corrected chi connectivity index (χ3v) is 8.77. The monoisotopic (exact) mass is 718 g/mol. The molecule has 16 heteroatoms. The van der Waals surface area contributed by atoms with Crippen LogP contribution in [0.3, 0.4) is 0 Å². The molecule has 2 aromatic rings. The molecule has 2 saturated heterocycles. The number of aliphatic hydroxyl groups is 1. The number of nitrogens with one attached hydrogen (secondary N) is 2. The third-order valence-electron chi connectivity index (χ3n) is 8.77. The number of benzene rings is 2. The number of rotatable bonds is 8. The Labute approximate surface area is 285 Å². The van der Waals surface area contributed by atoms with Crippen LogP contribution in [0.1, 0.15) is 79.8 Å². The number of alkyl halides is 6. The van der Waals surface area contributed by atoms with Crippen LogP contribution in [0.2, 0.25) is 0 Å². The number of aryl methyl sites for hydroxylation is 1. The number of urea groups is 1. The van der Waals surface area contributed by atoms with Gasteiger partial charge in [0, 0.05) is 45.1 Å². The summed E-state index contributed by atoms with van der Waals surface area (Å²) in [5.41, 5.74) is -3.20. The fourth-order valence-electron chi connectivity index (χ4n) is 6.28. The van der Waals surface area contributed by atoms with Crippen molar-refractivity contribution in [3.8, 4) is 0 Å². The predicted octanol–water partition coefficient (Wildman–Crippen LogP) is 6.51. The van der Waals surface area contributed by atoms with Gasteiger partial charge in [-0.2, -0.15) is 26.3 Å². The molecule has 2 aliphatic heterocycles. The Kier molecular flexibility index (Phi) is 12.0. The number of halogens is 7. The summed E-state index contributed by atoms with van der Waals surface area (Å²) in [6.07, 6.45) is -10.3. The van der Waals surface area contributed by atoms with Gasteiger partial charge in [0.2, 0.25) is 5.91 Å². The first-order valence-corrected chi connectivity index (χ1v) is 16.3. The third kappa shape index (κ3) is 10.7. The second-order valence-corrected chi connectivity index (χ2v) is 13.4. The van der Waals surface area contributed by atoms with Crippen molar-refractivity contribution in [2.24, 2.45) is 0 Å². The SMILES string of the molecule is Cc1cc(F)ccc1[C@H]1C[C@@H](OC(=O)NC2CCN(C(=O)CC(C)(C)O)CC2)CCN1C(=O)NCCc1cc(C(F)(F)F)cc(C(F)(F)F)c1. The van der Waals surface area contributed by atoms with Crippen molar-refractivity contribution < 1.29 is 55.0 Å². The molecule has 2 aliphatic rings. The zero-order valence-corrected chi connectivity index (χ0v) is 27.9. The summed E-state index contributed by atoms with van der Waals surface area (Å²) in [5, 5.41) is 15.3. The highest BCUT2D eigenvalue weighted by atomic mass is 19.4. The van der Waals surface area contributed by atoms with Crippen molar-refractivity contribution >= 4 is 18.0 Å². The van der Waals surface area contributed by atoms with Crippen molar-refractivity contribution in [1.82, 2.24) is 20.4 Å². The summed E-state index contributed by atoms with van der Waals surface area (Å²) in [6.45, 7) is 5.36. The van der Waals surface area contributed by atoms with Crippen LogP contribution in [0.25, 0.3) is 0 Å². The molecular formula is C34H41F7N4O5. The van der Waals surface area contributed by atoms with Crippen molar-refractivity contribution in [3.05, 3.63) is 70.0 Å². The Bertz CT molecular complexity index is 1500. The average Bonchev–Trinajstić information content (AvgIpc) is 2.99. The fourth-order valence-corrected chi connectivity index (χ4v) is 6.28. The van der Waals surface area contributed by atoms with E-state index in [4.69, 9.17) is 4.74 Å². The van der Waals surface area contributed by atoms with Gasteiger partial charge in [0.1, 0.15) is 11.9 Å². The molecule has 2 aromatic carbocycles. The zero-order valence-electron chi connectivity index (χ0n) is 27.9. The topological polar surface area (TPSA) is 111 Å². The Morgan fingerprint density at radius 3 is 2.10 bits per heavy atom. The Balaban J connectivity index is 1.38. The number of ether oxygens (including phenoxy) is 1. The van der Waals surface area contributed by atoms with E-state index in [1.54, 1.807) is 25.7 Å². The number of likely N-dealkylation sites (tertiary alicyclic amines) is 2. The molecule has 2 fully saturated rings. The standard InChI is InChI=1S/C34H41F7N4O5/c1-20-14-24(35)4-5-27(20)28-18-26(50-31(48)43-25-7-11-44(12-8-25)29(46)19-32(2,3)49)9-13-45(28)30(47)42-10-6-21-15-22(33(36,37)38)17-23(16-21)34(39,40)41/h4-5,14-17,25-26,28,49H,6-13,18-19H2,1-3H3,(H,42,47)(H,43,48)/t26-,28+/m0/s1. The number of alkyl carbamates (subject to hydrolysis) is 1. The van der Waals surface area contributed by atoms with Gasteiger partial charge in [-0.05, 0) is 87.1 Å². The number of piperidine rings is 2. The van der Waals surface area contributed by atoms with E-state index < -0.39 is 59.2 Å². The number of hydrogen-bond acceptors (Lipinski definition) is 5. The summed E-state index contributed by atoms with van der Waals surface area (Å²) in [7, 11) is 0. The normalized spacial score (nSPS) is 19.3. The average molecular weight is 719 g/mol. The summed E-state index contributed by atoms with van der Waals surface area (Å²) in [5.74, 6) is -0.680. The molecule has 4 amide bonds. The lowest BCUT2D eigenvalue weighted by molar-refractivity contribution is -0.143. The maximum atomic E-state index is 14.0. The lowest BCUT2D eigenvalue weighted by atomic mass is 9.91. The molecule has 0 aliphatic carbocycles. The van der Waals surface area contributed by atoms with Gasteiger partial charge in [0.25, 0.3) is 0 Å². The van der Waals surface area contributed by atoms with E-state index in [9.17, 15) is 50.2 Å². The molecule has 0 saturated carbocycles. The zero-order chi connectivity index (χ0) is 37.0. The Morgan fingerprint density at radius 2 is 1.54 bits per heavy atom. The van der Waals surface area contributed by atoms with Gasteiger partial charge in [-0.25, -0.2) is 14.0 Å². The maximum absolute atomic E-state index is 14.0. The Morgan fingerprint density at radius 1 is 0.920 bits per heavy atom. The van der Waals surface area contributed by atoms with Crippen LogP contribution in [0.4, 0.5) is 40.3 Å². The smallest absolute Gasteiger partial charge is 0.416 e. The van der Waals surface area contributed by atoms with E-state index in [1.807, 2.05) is 0 Å². The molecule has 0 spiro atoms. The fraction of sp³-hybridized carbons (Fsp3) is 0.559. The molecule has 2 atom stereocenters. The van der Waals surface area contributed by atoms with E-state index in [0.29, 0.717) is 49.2 Å². The minimum atomic E-state index is -5.00. The molecular weight excluding hydrogens is 677 g/mol. The van der Waals surface area contributed by atoms with Gasteiger partial charge in [-0.15, -0.1) is 0 Å². The maximum Gasteiger partial charge on any atom is 0.416 e. The second kappa shape index (κ2) is 15.4. The summed E-state index contributed by atoms with van der Waals surface area (Å²) >= 11 is 0. The van der Waals surface area contributed by atoms with E-state index in [1.165, 1.54) is 23.1 Å². The number of nitrogens with zero attached hydrogens (tertiary/aromatic N) is 2. The molecule has 0 unspecified atom stereocenters. The van der Waals surface area contributed by atoms with Crippen molar-refractivity contribution in [1.29, 1.82) is 0 Å². The lowest BCUT2D eigenvalue weighted by Crippen LogP contribution is -2.50. The van der Waals surface area contributed by atoms with Crippen LogP contribution in [0.15, 0.2) is 36.4 Å². The van der Waals surface area contributed by atoms with Crippen molar-refractivity contribution in [2.75, 3.05) is 26.2 Å². The van der Waals surface area contributed by atoms with Crippen LogP contribution < -0.4 is 10.6 Å². The molecule has 276 valence electrons. The van der Waals surface area contributed by atoms with Gasteiger partial charge in [0.15, 0.2) is 0 Å². The van der Waals surface area contributed by atoms with Crippen molar-refractivity contribution in [2.45, 2.75) is 95.4 Å². The minimum Gasteiger partial charge on any atom is -0.446 e. The molecule has 50 heavy (non-hydrogen) atoms. The first kappa shape index (κ1) is 38.7. The molecule has 0 bridgehead atoms. The van der Waals surface area contributed by atoms with Gasteiger partial charge in [-0.1, -0.05) is 6.07 Å². The minimum absolute atomic E-state index is 0.0167. The summed E-state index contributed by atoms with van der Waals surface area (Å²) < 4.78 is 99.4. The van der Waals surface area contributed by atoms with Crippen molar-refractivity contribution in [3.63, 3.8) is 0 Å². The van der Waals surface area contributed by atoms with E-state index in [-0.39, 0.29) is 62.4 Å². The lowest BCUT2D eigenvalue weighted by Gasteiger charge is -2.40. The highest BCUT2D eigenvalue weighted by molar-refractivity contribution is 5.77. The molecule has 3 N–H and O–H groups in total. The number of amides is 4. The first-order valence-electron chi connectivity index (χ1n) is 16.3. The van der Waals surface area contributed by atoms with E-state index in [0.717, 1.165) is 0 Å². The van der Waals surface area contributed by atoms with Gasteiger partial charge >= 0.3 is 24.5 Å². The number of carbonyl (C=O) groups is 3. The second-order valence-electron chi connectivity index (χ2n) is 13.4. The number of carbonyl (C=O) groups excluding carboxylic acids is 3. The largest absolute Gasteiger partial charge is 0.446 e. The highest BCUT2D eigenvalue weighted by Crippen LogP contribution is 2.37. The molecule has 0 radical (unpaired) electrons. The molecule has 0 aromatic heterocycles.